The second-order valence-corrected chi connectivity index (χ2v) is 10.6. The van der Waals surface area contributed by atoms with Crippen LogP contribution in [0.3, 0.4) is 0 Å². The van der Waals surface area contributed by atoms with E-state index in [9.17, 15) is 19.2 Å². The predicted octanol–water partition coefficient (Wildman–Crippen LogP) is 4.81. The van der Waals surface area contributed by atoms with Gasteiger partial charge in [0.05, 0.1) is 26.9 Å². The lowest BCUT2D eigenvalue weighted by Gasteiger charge is -2.26. The van der Waals surface area contributed by atoms with Crippen LogP contribution >= 0.6 is 0 Å². The molecule has 0 saturated carbocycles. The summed E-state index contributed by atoms with van der Waals surface area (Å²) in [5, 5.41) is 0. The molecule has 11 heteroatoms. The molecule has 2 N–H and O–H groups in total. The van der Waals surface area contributed by atoms with Gasteiger partial charge in [-0.05, 0) is 41.9 Å². The van der Waals surface area contributed by atoms with E-state index in [2.05, 4.69) is 0 Å². The Hall–Kier alpha value is -3.34. The van der Waals surface area contributed by atoms with Crippen LogP contribution in [-0.2, 0) is 35.0 Å². The summed E-state index contributed by atoms with van der Waals surface area (Å²) >= 11 is 0. The molecule has 0 spiro atoms. The van der Waals surface area contributed by atoms with Gasteiger partial charge in [0.1, 0.15) is 5.54 Å². The first kappa shape index (κ1) is 33.7. The Morgan fingerprint density at radius 2 is 1.38 bits per heavy atom. The lowest BCUT2D eigenvalue weighted by molar-refractivity contribution is -0.151. The van der Waals surface area contributed by atoms with E-state index in [4.69, 9.17) is 34.2 Å². The van der Waals surface area contributed by atoms with Crippen molar-refractivity contribution < 1.29 is 47.6 Å². The van der Waals surface area contributed by atoms with Crippen molar-refractivity contribution in [2.24, 2.45) is 23.5 Å². The van der Waals surface area contributed by atoms with Crippen molar-refractivity contribution in [3.63, 3.8) is 0 Å². The predicted molar refractivity (Wildman–Crippen MR) is 142 cm³/mol. The van der Waals surface area contributed by atoms with E-state index in [1.165, 1.54) is 19.2 Å². The zero-order valence-corrected chi connectivity index (χ0v) is 24.1. The number of carbonyl (C=O) groups is 4. The molecule has 0 unspecified atom stereocenters. The molecule has 220 valence electrons. The molecule has 1 aromatic carbocycles. The van der Waals surface area contributed by atoms with Crippen LogP contribution in [0.4, 0.5) is 9.59 Å². The van der Waals surface area contributed by atoms with Crippen LogP contribution in [0, 0.1) is 17.8 Å². The fourth-order valence-corrected chi connectivity index (χ4v) is 3.19. The average molecular weight is 554 g/mol. The van der Waals surface area contributed by atoms with Crippen molar-refractivity contribution in [2.75, 3.05) is 26.9 Å². The van der Waals surface area contributed by atoms with Crippen molar-refractivity contribution in [1.82, 2.24) is 0 Å². The summed E-state index contributed by atoms with van der Waals surface area (Å²) in [5.41, 5.74) is 5.31. The van der Waals surface area contributed by atoms with Gasteiger partial charge in [-0.25, -0.2) is 9.59 Å². The number of nitrogens with two attached hydrogens (primary N) is 1. The number of carbonyl (C=O) groups excluding carboxylic acids is 4. The first-order valence-corrected chi connectivity index (χ1v) is 13.1. The number of methoxy groups -OCH3 is 1. The van der Waals surface area contributed by atoms with Gasteiger partial charge in [0.15, 0.2) is 11.5 Å². The minimum Gasteiger partial charge on any atom is -0.468 e. The Labute approximate surface area is 230 Å². The van der Waals surface area contributed by atoms with Crippen LogP contribution in [0.5, 0.6) is 11.5 Å². The molecule has 0 amide bonds. The van der Waals surface area contributed by atoms with Crippen LogP contribution in [-0.4, -0.2) is 56.7 Å². The van der Waals surface area contributed by atoms with Crippen molar-refractivity contribution in [3.05, 3.63) is 23.8 Å². The van der Waals surface area contributed by atoms with Crippen molar-refractivity contribution in [3.8, 4) is 11.5 Å². The summed E-state index contributed by atoms with van der Waals surface area (Å²) in [6.45, 7) is 11.6. The van der Waals surface area contributed by atoms with E-state index in [1.807, 2.05) is 41.5 Å². The van der Waals surface area contributed by atoms with E-state index >= 15 is 0 Å². The lowest BCUT2D eigenvalue weighted by atomic mass is 9.88. The fourth-order valence-electron chi connectivity index (χ4n) is 3.19. The molecule has 0 aliphatic rings. The largest absolute Gasteiger partial charge is 0.513 e. The van der Waals surface area contributed by atoms with Gasteiger partial charge in [-0.2, -0.15) is 0 Å². The molecule has 0 heterocycles. The number of esters is 2. The molecule has 0 fully saturated rings. The topological polar surface area (TPSA) is 150 Å². The van der Waals surface area contributed by atoms with Gasteiger partial charge in [0.25, 0.3) is 0 Å². The van der Waals surface area contributed by atoms with Gasteiger partial charge in [0.2, 0.25) is 0 Å². The zero-order chi connectivity index (χ0) is 29.6. The second kappa shape index (κ2) is 16.6. The normalized spacial score (nSPS) is 12.6. The number of rotatable bonds is 15. The molecular formula is C28H43NO10. The third-order valence-electron chi connectivity index (χ3n) is 5.31. The van der Waals surface area contributed by atoms with Crippen molar-refractivity contribution in [2.45, 2.75) is 72.8 Å². The highest BCUT2D eigenvalue weighted by atomic mass is 16.7. The molecule has 1 atom stereocenters. The third kappa shape index (κ3) is 13.3. The van der Waals surface area contributed by atoms with Crippen LogP contribution in [0.1, 0.15) is 66.4 Å². The highest BCUT2D eigenvalue weighted by Crippen LogP contribution is 2.31. The molecule has 0 radical (unpaired) electrons. The third-order valence-corrected chi connectivity index (χ3v) is 5.31. The molecule has 0 aromatic heterocycles. The zero-order valence-electron chi connectivity index (χ0n) is 24.1. The van der Waals surface area contributed by atoms with Gasteiger partial charge >= 0.3 is 24.2 Å². The Bertz CT molecular complexity index is 960. The summed E-state index contributed by atoms with van der Waals surface area (Å²) in [7, 11) is 1.21. The molecule has 1 rings (SSSR count). The van der Waals surface area contributed by atoms with E-state index < -0.39 is 23.8 Å². The fraction of sp³-hybridized carbons (Fsp3) is 0.643. The second-order valence-electron chi connectivity index (χ2n) is 10.6. The minimum absolute atomic E-state index is 0.0144. The molecular weight excluding hydrogens is 510 g/mol. The highest BCUT2D eigenvalue weighted by Gasteiger charge is 2.36. The van der Waals surface area contributed by atoms with Crippen LogP contribution in [0.25, 0.3) is 0 Å². The van der Waals surface area contributed by atoms with Gasteiger partial charge in [0, 0.05) is 19.3 Å². The summed E-state index contributed by atoms with van der Waals surface area (Å²) in [4.78, 5) is 49.0. The maximum absolute atomic E-state index is 12.6. The molecule has 11 nitrogen and oxygen atoms in total. The molecule has 39 heavy (non-hydrogen) atoms. The first-order valence-electron chi connectivity index (χ1n) is 13.1. The standard InChI is InChI=1S/C28H43NO10/c1-18(2)8-11-24(30)35-13-12-28(29,25(31)34-7)15-21-9-10-22(38-26(32)36-16-19(3)4)23(14-21)39-27(33)37-17-20(5)6/h9-10,14,18-20H,8,11-13,15-17,29H2,1-7H3/t28-/m1/s1. The Balaban J connectivity index is 3.11. The van der Waals surface area contributed by atoms with E-state index in [1.54, 1.807) is 6.07 Å². The van der Waals surface area contributed by atoms with Crippen LogP contribution in [0.15, 0.2) is 18.2 Å². The Morgan fingerprint density at radius 3 is 1.90 bits per heavy atom. The highest BCUT2D eigenvalue weighted by molar-refractivity contribution is 5.81. The summed E-state index contributed by atoms with van der Waals surface area (Å²) in [6, 6.07) is 4.35. The van der Waals surface area contributed by atoms with E-state index in [-0.39, 0.29) is 68.4 Å². The van der Waals surface area contributed by atoms with Crippen molar-refractivity contribution in [1.29, 1.82) is 0 Å². The summed E-state index contributed by atoms with van der Waals surface area (Å²) in [6.07, 6.45) is -1.09. The quantitative estimate of drug-likeness (QED) is 0.181. The summed E-state index contributed by atoms with van der Waals surface area (Å²) < 4.78 is 30.8. The Morgan fingerprint density at radius 1 is 0.821 bits per heavy atom. The van der Waals surface area contributed by atoms with Gasteiger partial charge < -0.3 is 34.2 Å². The number of ether oxygens (including phenoxy) is 6. The first-order chi connectivity index (χ1) is 18.2. The Kier molecular flexibility index (Phi) is 14.3. The summed E-state index contributed by atoms with van der Waals surface area (Å²) in [5.74, 6) is -0.794. The maximum atomic E-state index is 12.6. The number of hydrogen-bond donors (Lipinski definition) is 1. The maximum Gasteiger partial charge on any atom is 0.513 e. The number of hydrogen-bond acceptors (Lipinski definition) is 11. The number of benzene rings is 1. The average Bonchev–Trinajstić information content (AvgIpc) is 2.86. The van der Waals surface area contributed by atoms with Gasteiger partial charge in [-0.15, -0.1) is 0 Å². The molecule has 0 bridgehead atoms. The van der Waals surface area contributed by atoms with Crippen LogP contribution < -0.4 is 15.2 Å². The van der Waals surface area contributed by atoms with E-state index in [0.29, 0.717) is 17.9 Å². The molecule has 0 aliphatic heterocycles. The minimum atomic E-state index is -1.55. The molecule has 1 aromatic rings. The van der Waals surface area contributed by atoms with E-state index in [0.717, 1.165) is 0 Å². The van der Waals surface area contributed by atoms with Crippen LogP contribution in [0.2, 0.25) is 0 Å². The lowest BCUT2D eigenvalue weighted by Crippen LogP contribution is -2.51. The molecule has 0 aliphatic carbocycles. The SMILES string of the molecule is COC(=O)[C@@](N)(CCOC(=O)CCC(C)C)Cc1ccc(OC(=O)OCC(C)C)c(OC(=O)OCC(C)C)c1. The monoisotopic (exact) mass is 553 g/mol. The van der Waals surface area contributed by atoms with Gasteiger partial charge in [-0.3, -0.25) is 9.59 Å². The smallest absolute Gasteiger partial charge is 0.468 e. The molecule has 0 saturated heterocycles. The van der Waals surface area contributed by atoms with Crippen molar-refractivity contribution >= 4 is 24.2 Å². The van der Waals surface area contributed by atoms with Gasteiger partial charge in [-0.1, -0.05) is 47.6 Å².